The van der Waals surface area contributed by atoms with Crippen molar-refractivity contribution in [3.8, 4) is 0 Å². The summed E-state index contributed by atoms with van der Waals surface area (Å²) in [6, 6.07) is 1.21. The van der Waals surface area contributed by atoms with Crippen LogP contribution in [0.5, 0.6) is 0 Å². The molecule has 1 aliphatic rings. The smallest absolute Gasteiger partial charge is 0.223 e. The second kappa shape index (κ2) is 4.28. The molecule has 5 nitrogen and oxygen atoms in total. The van der Waals surface area contributed by atoms with E-state index in [9.17, 15) is 0 Å². The molecule has 1 fully saturated rings. The molecular formula is C10H18N4O. The minimum atomic E-state index is 0.545. The zero-order valence-electron chi connectivity index (χ0n) is 9.53. The molecule has 2 atom stereocenters. The molecule has 1 aromatic rings. The SMILES string of the molecule is Cc1nc(CNC2CC(C)N(C)C2)no1. The Labute approximate surface area is 89.8 Å². The van der Waals surface area contributed by atoms with E-state index in [4.69, 9.17) is 4.52 Å². The molecular weight excluding hydrogens is 192 g/mol. The summed E-state index contributed by atoms with van der Waals surface area (Å²) in [4.78, 5) is 6.52. The number of aromatic nitrogens is 2. The van der Waals surface area contributed by atoms with Crippen molar-refractivity contribution < 1.29 is 4.52 Å². The Morgan fingerprint density at radius 3 is 2.93 bits per heavy atom. The van der Waals surface area contributed by atoms with E-state index in [0.717, 1.165) is 12.4 Å². The standard InChI is InChI=1S/C10H18N4O/c1-7-4-9(6-14(7)3)11-5-10-12-8(2)15-13-10/h7,9,11H,4-6H2,1-3H3. The predicted octanol–water partition coefficient (Wildman–Crippen LogP) is 0.560. The molecule has 2 unspecified atom stereocenters. The maximum absolute atomic E-state index is 4.91. The molecule has 0 amide bonds. The molecule has 5 heteroatoms. The Kier molecular flexibility index (Phi) is 3.02. The molecule has 0 spiro atoms. The summed E-state index contributed by atoms with van der Waals surface area (Å²) in [6.45, 7) is 5.85. The molecule has 84 valence electrons. The number of nitrogens with one attached hydrogen (secondary N) is 1. The molecule has 1 aliphatic heterocycles. The van der Waals surface area contributed by atoms with Crippen LogP contribution < -0.4 is 5.32 Å². The summed E-state index contributed by atoms with van der Waals surface area (Å²) < 4.78 is 4.91. The number of likely N-dealkylation sites (N-methyl/N-ethyl adjacent to an activating group) is 1. The summed E-state index contributed by atoms with van der Waals surface area (Å²) in [5.74, 6) is 1.37. The van der Waals surface area contributed by atoms with Gasteiger partial charge in [0.2, 0.25) is 5.89 Å². The third-order valence-electron chi connectivity index (χ3n) is 3.00. The number of rotatable bonds is 3. The minimum absolute atomic E-state index is 0.545. The van der Waals surface area contributed by atoms with Gasteiger partial charge in [0, 0.05) is 25.6 Å². The Bertz CT molecular complexity index is 315. The van der Waals surface area contributed by atoms with Crippen LogP contribution in [0.25, 0.3) is 0 Å². The molecule has 15 heavy (non-hydrogen) atoms. The first kappa shape index (κ1) is 10.6. The molecule has 2 heterocycles. The molecule has 1 aromatic heterocycles. The summed E-state index contributed by atoms with van der Waals surface area (Å²) >= 11 is 0. The molecule has 0 aromatic carbocycles. The summed E-state index contributed by atoms with van der Waals surface area (Å²) in [7, 11) is 2.16. The Balaban J connectivity index is 1.79. The molecule has 2 rings (SSSR count). The highest BCUT2D eigenvalue weighted by Gasteiger charge is 2.25. The van der Waals surface area contributed by atoms with Gasteiger partial charge in [-0.3, -0.25) is 0 Å². The lowest BCUT2D eigenvalue weighted by molar-refractivity contribution is 0.326. The van der Waals surface area contributed by atoms with Gasteiger partial charge in [-0.1, -0.05) is 5.16 Å². The molecule has 0 saturated carbocycles. The summed E-state index contributed by atoms with van der Waals surface area (Å²) in [6.07, 6.45) is 1.19. The number of aryl methyl sites for hydroxylation is 1. The molecule has 0 bridgehead atoms. The summed E-state index contributed by atoms with van der Waals surface area (Å²) in [5, 5.41) is 7.30. The maximum Gasteiger partial charge on any atom is 0.223 e. The predicted molar refractivity (Wildman–Crippen MR) is 56.4 cm³/mol. The van der Waals surface area contributed by atoms with Gasteiger partial charge in [0.1, 0.15) is 0 Å². The van der Waals surface area contributed by atoms with Crippen molar-refractivity contribution in [1.82, 2.24) is 20.4 Å². The molecule has 0 radical (unpaired) electrons. The fourth-order valence-corrected chi connectivity index (χ4v) is 1.99. The zero-order valence-corrected chi connectivity index (χ0v) is 9.53. The lowest BCUT2D eigenvalue weighted by Gasteiger charge is -2.12. The van der Waals surface area contributed by atoms with Gasteiger partial charge in [0.15, 0.2) is 5.82 Å². The molecule has 1 saturated heterocycles. The third kappa shape index (κ3) is 2.54. The van der Waals surface area contributed by atoms with E-state index in [2.05, 4.69) is 34.3 Å². The van der Waals surface area contributed by atoms with Gasteiger partial charge in [-0.2, -0.15) is 4.98 Å². The van der Waals surface area contributed by atoms with E-state index in [1.165, 1.54) is 6.42 Å². The van der Waals surface area contributed by atoms with Crippen LogP contribution in [-0.4, -0.2) is 40.7 Å². The van der Waals surface area contributed by atoms with Crippen molar-refractivity contribution in [2.75, 3.05) is 13.6 Å². The van der Waals surface area contributed by atoms with Crippen LogP contribution >= 0.6 is 0 Å². The van der Waals surface area contributed by atoms with Gasteiger partial charge in [0.05, 0.1) is 6.54 Å². The van der Waals surface area contributed by atoms with Gasteiger partial charge in [-0.15, -0.1) is 0 Å². The van der Waals surface area contributed by atoms with E-state index in [1.54, 1.807) is 0 Å². The van der Waals surface area contributed by atoms with Crippen LogP contribution in [0.4, 0.5) is 0 Å². The Morgan fingerprint density at radius 2 is 2.40 bits per heavy atom. The third-order valence-corrected chi connectivity index (χ3v) is 3.00. The van der Waals surface area contributed by atoms with Crippen LogP contribution in [0.15, 0.2) is 4.52 Å². The number of likely N-dealkylation sites (tertiary alicyclic amines) is 1. The van der Waals surface area contributed by atoms with Crippen LogP contribution in [0, 0.1) is 6.92 Å². The van der Waals surface area contributed by atoms with Crippen molar-refractivity contribution >= 4 is 0 Å². The van der Waals surface area contributed by atoms with Crippen molar-refractivity contribution in [1.29, 1.82) is 0 Å². The van der Waals surface area contributed by atoms with E-state index >= 15 is 0 Å². The van der Waals surface area contributed by atoms with E-state index < -0.39 is 0 Å². The monoisotopic (exact) mass is 210 g/mol. The first-order valence-corrected chi connectivity index (χ1v) is 5.38. The normalized spacial score (nSPS) is 27.4. The average Bonchev–Trinajstić information content (AvgIpc) is 2.72. The molecule has 1 N–H and O–H groups in total. The maximum atomic E-state index is 4.91. The first-order valence-electron chi connectivity index (χ1n) is 5.38. The highest BCUT2D eigenvalue weighted by Crippen LogP contribution is 2.14. The highest BCUT2D eigenvalue weighted by atomic mass is 16.5. The van der Waals surface area contributed by atoms with Crippen LogP contribution in [0.2, 0.25) is 0 Å². The van der Waals surface area contributed by atoms with E-state index in [1.807, 2.05) is 6.92 Å². The second-order valence-electron chi connectivity index (χ2n) is 4.33. The Hall–Kier alpha value is -0.940. The lowest BCUT2D eigenvalue weighted by Crippen LogP contribution is -2.31. The highest BCUT2D eigenvalue weighted by molar-refractivity contribution is 4.88. The first-order chi connectivity index (χ1) is 7.15. The zero-order chi connectivity index (χ0) is 10.8. The van der Waals surface area contributed by atoms with Crippen LogP contribution in [0.1, 0.15) is 25.1 Å². The van der Waals surface area contributed by atoms with Crippen LogP contribution in [0.3, 0.4) is 0 Å². The van der Waals surface area contributed by atoms with Crippen molar-refractivity contribution in [3.05, 3.63) is 11.7 Å². The largest absolute Gasteiger partial charge is 0.340 e. The van der Waals surface area contributed by atoms with Gasteiger partial charge >= 0.3 is 0 Å². The van der Waals surface area contributed by atoms with E-state index in [0.29, 0.717) is 24.5 Å². The van der Waals surface area contributed by atoms with Gasteiger partial charge in [0.25, 0.3) is 0 Å². The van der Waals surface area contributed by atoms with Crippen molar-refractivity contribution in [2.45, 2.75) is 38.9 Å². The van der Waals surface area contributed by atoms with E-state index in [-0.39, 0.29) is 0 Å². The van der Waals surface area contributed by atoms with Crippen molar-refractivity contribution in [3.63, 3.8) is 0 Å². The quantitative estimate of drug-likeness (QED) is 0.790. The minimum Gasteiger partial charge on any atom is -0.340 e. The van der Waals surface area contributed by atoms with Gasteiger partial charge in [-0.05, 0) is 20.4 Å². The van der Waals surface area contributed by atoms with Gasteiger partial charge in [-0.25, -0.2) is 0 Å². The molecule has 0 aliphatic carbocycles. The Morgan fingerprint density at radius 1 is 1.60 bits per heavy atom. The average molecular weight is 210 g/mol. The van der Waals surface area contributed by atoms with Gasteiger partial charge < -0.3 is 14.7 Å². The fourth-order valence-electron chi connectivity index (χ4n) is 1.99. The lowest BCUT2D eigenvalue weighted by atomic mass is 10.2. The van der Waals surface area contributed by atoms with Crippen molar-refractivity contribution in [2.24, 2.45) is 0 Å². The summed E-state index contributed by atoms with van der Waals surface area (Å²) in [5.41, 5.74) is 0. The fraction of sp³-hybridized carbons (Fsp3) is 0.800. The number of nitrogens with zero attached hydrogens (tertiary/aromatic N) is 3. The number of hydrogen-bond acceptors (Lipinski definition) is 5. The van der Waals surface area contributed by atoms with Crippen LogP contribution in [-0.2, 0) is 6.54 Å². The second-order valence-corrected chi connectivity index (χ2v) is 4.33. The topological polar surface area (TPSA) is 54.2 Å². The number of hydrogen-bond donors (Lipinski definition) is 1.